The Balaban J connectivity index is 1.35. The number of ether oxygens (including phenoxy) is 1. The van der Waals surface area contributed by atoms with Gasteiger partial charge in [-0.05, 0) is 55.0 Å². The lowest BCUT2D eigenvalue weighted by Gasteiger charge is -2.10. The van der Waals surface area contributed by atoms with Crippen molar-refractivity contribution in [3.63, 3.8) is 0 Å². The number of hydrogen-bond donors (Lipinski definition) is 2. The Bertz CT molecular complexity index is 1090. The lowest BCUT2D eigenvalue weighted by atomic mass is 10.2. The Morgan fingerprint density at radius 2 is 1.76 bits per heavy atom. The molecule has 0 aliphatic heterocycles. The molecule has 0 aliphatic rings. The van der Waals surface area contributed by atoms with Crippen molar-refractivity contribution < 1.29 is 9.53 Å². The van der Waals surface area contributed by atoms with Crippen LogP contribution in [0.15, 0.2) is 79.1 Å². The second kappa shape index (κ2) is 8.22. The molecule has 2 amide bonds. The van der Waals surface area contributed by atoms with Gasteiger partial charge in [-0.15, -0.1) is 10.2 Å². The van der Waals surface area contributed by atoms with Gasteiger partial charge in [0.1, 0.15) is 5.75 Å². The minimum atomic E-state index is -0.312. The summed E-state index contributed by atoms with van der Waals surface area (Å²) in [6, 6.07) is 19.5. The van der Waals surface area contributed by atoms with Gasteiger partial charge in [0, 0.05) is 29.8 Å². The number of anilines is 2. The molecule has 0 bridgehead atoms. The van der Waals surface area contributed by atoms with E-state index in [9.17, 15) is 4.79 Å². The van der Waals surface area contributed by atoms with Crippen LogP contribution >= 0.6 is 0 Å². The summed E-state index contributed by atoms with van der Waals surface area (Å²) in [5.74, 6) is 1.54. The monoisotopic (exact) mass is 386 g/mol. The van der Waals surface area contributed by atoms with Crippen molar-refractivity contribution in [3.8, 4) is 17.4 Å². The summed E-state index contributed by atoms with van der Waals surface area (Å²) in [5.41, 5.74) is 2.40. The lowest BCUT2D eigenvalue weighted by molar-refractivity contribution is 0.262. The van der Waals surface area contributed by atoms with Crippen molar-refractivity contribution in [2.24, 2.45) is 0 Å². The smallest absolute Gasteiger partial charge is 0.323 e. The summed E-state index contributed by atoms with van der Waals surface area (Å²) in [4.78, 5) is 12.2. The van der Waals surface area contributed by atoms with Crippen LogP contribution in [0.4, 0.5) is 16.2 Å². The summed E-state index contributed by atoms with van der Waals surface area (Å²) in [6.07, 6.45) is 3.45. The van der Waals surface area contributed by atoms with E-state index in [0.717, 1.165) is 11.3 Å². The molecule has 8 nitrogen and oxygen atoms in total. The van der Waals surface area contributed by atoms with Crippen LogP contribution in [0.1, 0.15) is 5.56 Å². The standard InChI is InChI=1S/C21H18N6O2/c1-15-5-2-3-6-18(15)24-21(28)23-16-7-9-17(10-8-16)29-20-12-11-19(25-26-20)27-14-4-13-22-27/h2-14H,1H3,(H2,23,24,28). The van der Waals surface area contributed by atoms with Crippen LogP contribution in [-0.2, 0) is 0 Å². The number of aromatic nitrogens is 4. The molecule has 0 unspecified atom stereocenters. The molecule has 8 heteroatoms. The molecule has 2 N–H and O–H groups in total. The van der Waals surface area contributed by atoms with Crippen LogP contribution in [0.2, 0.25) is 0 Å². The maximum atomic E-state index is 12.2. The first kappa shape index (κ1) is 18.2. The third kappa shape index (κ3) is 4.56. The molecule has 2 aromatic carbocycles. The Labute approximate surface area is 167 Å². The first-order valence-electron chi connectivity index (χ1n) is 8.93. The molecule has 0 atom stereocenters. The van der Waals surface area contributed by atoms with Gasteiger partial charge in [-0.25, -0.2) is 9.48 Å². The molecule has 144 valence electrons. The number of nitrogens with one attached hydrogen (secondary N) is 2. The van der Waals surface area contributed by atoms with Gasteiger partial charge in [-0.2, -0.15) is 5.10 Å². The third-order valence-corrected chi connectivity index (χ3v) is 4.09. The van der Waals surface area contributed by atoms with E-state index in [4.69, 9.17) is 4.74 Å². The van der Waals surface area contributed by atoms with Gasteiger partial charge in [0.25, 0.3) is 0 Å². The number of rotatable bonds is 5. The normalized spacial score (nSPS) is 10.4. The van der Waals surface area contributed by atoms with Gasteiger partial charge in [-0.1, -0.05) is 18.2 Å². The van der Waals surface area contributed by atoms with Crippen molar-refractivity contribution in [2.75, 3.05) is 10.6 Å². The number of nitrogens with zero attached hydrogens (tertiary/aromatic N) is 4. The fourth-order valence-electron chi connectivity index (χ4n) is 2.62. The predicted octanol–water partition coefficient (Wildman–Crippen LogP) is 4.41. The quantitative estimate of drug-likeness (QED) is 0.530. The van der Waals surface area contributed by atoms with Crippen molar-refractivity contribution >= 4 is 17.4 Å². The molecule has 2 heterocycles. The summed E-state index contributed by atoms with van der Waals surface area (Å²) < 4.78 is 7.30. The third-order valence-electron chi connectivity index (χ3n) is 4.09. The number of para-hydroxylation sites is 1. The Hall–Kier alpha value is -4.20. The summed E-state index contributed by atoms with van der Waals surface area (Å²) >= 11 is 0. The molecule has 4 rings (SSSR count). The van der Waals surface area contributed by atoms with Gasteiger partial charge in [0.2, 0.25) is 5.88 Å². The molecule has 4 aromatic rings. The molecule has 29 heavy (non-hydrogen) atoms. The lowest BCUT2D eigenvalue weighted by Crippen LogP contribution is -2.19. The van der Waals surface area contributed by atoms with Crippen LogP contribution in [0.3, 0.4) is 0 Å². The number of amides is 2. The largest absolute Gasteiger partial charge is 0.438 e. The Kier molecular flexibility index (Phi) is 5.15. The zero-order valence-corrected chi connectivity index (χ0v) is 15.6. The fourth-order valence-corrected chi connectivity index (χ4v) is 2.62. The van der Waals surface area contributed by atoms with E-state index < -0.39 is 0 Å². The zero-order chi connectivity index (χ0) is 20.1. The fraction of sp³-hybridized carbons (Fsp3) is 0.0476. The van der Waals surface area contributed by atoms with Gasteiger partial charge in [-0.3, -0.25) is 0 Å². The maximum Gasteiger partial charge on any atom is 0.323 e. The number of carbonyl (C=O) groups excluding carboxylic acids is 1. The highest BCUT2D eigenvalue weighted by Crippen LogP contribution is 2.22. The first-order valence-corrected chi connectivity index (χ1v) is 8.93. The van der Waals surface area contributed by atoms with Crippen LogP contribution in [0, 0.1) is 6.92 Å². The average molecular weight is 386 g/mol. The summed E-state index contributed by atoms with van der Waals surface area (Å²) in [7, 11) is 0. The van der Waals surface area contributed by atoms with E-state index in [0.29, 0.717) is 23.1 Å². The van der Waals surface area contributed by atoms with Gasteiger partial charge in [0.05, 0.1) is 0 Å². The topological polar surface area (TPSA) is 94.0 Å². The molecule has 0 saturated heterocycles. The first-order chi connectivity index (χ1) is 14.2. The predicted molar refractivity (Wildman–Crippen MR) is 109 cm³/mol. The van der Waals surface area contributed by atoms with Crippen molar-refractivity contribution in [1.82, 2.24) is 20.0 Å². The number of urea groups is 1. The van der Waals surface area contributed by atoms with E-state index >= 15 is 0 Å². The Morgan fingerprint density at radius 3 is 2.45 bits per heavy atom. The summed E-state index contributed by atoms with van der Waals surface area (Å²) in [5, 5.41) is 17.8. The van der Waals surface area contributed by atoms with Gasteiger partial charge < -0.3 is 15.4 Å². The molecule has 2 aromatic heterocycles. The highest BCUT2D eigenvalue weighted by molar-refractivity contribution is 6.00. The SMILES string of the molecule is Cc1ccccc1NC(=O)Nc1ccc(Oc2ccc(-n3cccn3)nn2)cc1. The minimum Gasteiger partial charge on any atom is -0.438 e. The van der Waals surface area contributed by atoms with E-state index in [1.54, 1.807) is 53.5 Å². The highest BCUT2D eigenvalue weighted by atomic mass is 16.5. The van der Waals surface area contributed by atoms with Crippen LogP contribution in [-0.4, -0.2) is 26.0 Å². The molecule has 0 spiro atoms. The van der Waals surface area contributed by atoms with Crippen molar-refractivity contribution in [3.05, 3.63) is 84.7 Å². The Morgan fingerprint density at radius 1 is 0.931 bits per heavy atom. The maximum absolute atomic E-state index is 12.2. The van der Waals surface area contributed by atoms with Crippen LogP contribution in [0.25, 0.3) is 5.82 Å². The molecular formula is C21H18N6O2. The van der Waals surface area contributed by atoms with E-state index in [1.807, 2.05) is 37.3 Å². The second-order valence-corrected chi connectivity index (χ2v) is 6.20. The van der Waals surface area contributed by atoms with Gasteiger partial charge in [0.15, 0.2) is 5.82 Å². The summed E-state index contributed by atoms with van der Waals surface area (Å²) in [6.45, 7) is 1.94. The number of benzene rings is 2. The molecule has 0 aliphatic carbocycles. The number of carbonyl (C=O) groups is 1. The molecular weight excluding hydrogens is 368 g/mol. The zero-order valence-electron chi connectivity index (χ0n) is 15.6. The van der Waals surface area contributed by atoms with Crippen molar-refractivity contribution in [1.29, 1.82) is 0 Å². The van der Waals surface area contributed by atoms with E-state index in [1.165, 1.54) is 0 Å². The molecule has 0 saturated carbocycles. The number of hydrogen-bond acceptors (Lipinski definition) is 5. The van der Waals surface area contributed by atoms with Crippen molar-refractivity contribution in [2.45, 2.75) is 6.92 Å². The highest BCUT2D eigenvalue weighted by Gasteiger charge is 2.06. The minimum absolute atomic E-state index is 0.312. The van der Waals surface area contributed by atoms with Crippen LogP contribution < -0.4 is 15.4 Å². The van der Waals surface area contributed by atoms with E-state index in [2.05, 4.69) is 25.9 Å². The van der Waals surface area contributed by atoms with Gasteiger partial charge >= 0.3 is 6.03 Å². The second-order valence-electron chi connectivity index (χ2n) is 6.20. The van der Waals surface area contributed by atoms with Crippen LogP contribution in [0.5, 0.6) is 11.6 Å². The molecule has 0 fully saturated rings. The van der Waals surface area contributed by atoms with E-state index in [-0.39, 0.29) is 6.03 Å². The molecule has 0 radical (unpaired) electrons. The number of aryl methyl sites for hydroxylation is 1. The average Bonchev–Trinajstić information content (AvgIpc) is 3.27.